The third-order valence-electron chi connectivity index (χ3n) is 5.30. The van der Waals surface area contributed by atoms with Crippen LogP contribution in [0.2, 0.25) is 0 Å². The molecule has 4 rings (SSSR count). The van der Waals surface area contributed by atoms with E-state index in [1.54, 1.807) is 55.6 Å². The van der Waals surface area contributed by atoms with E-state index in [-0.39, 0.29) is 29.2 Å². The number of rotatable bonds is 8. The van der Waals surface area contributed by atoms with Crippen molar-refractivity contribution in [1.82, 2.24) is 14.8 Å². The second-order valence-corrected chi connectivity index (χ2v) is 8.64. The van der Waals surface area contributed by atoms with Crippen LogP contribution in [0.5, 0.6) is 11.8 Å². The molecule has 1 heterocycles. The molecule has 10 heteroatoms. The van der Waals surface area contributed by atoms with Gasteiger partial charge in [-0.05, 0) is 66.6 Å². The van der Waals surface area contributed by atoms with Gasteiger partial charge in [-0.15, -0.1) is 5.10 Å². The molecule has 0 saturated carbocycles. The number of anilines is 1. The highest BCUT2D eigenvalue weighted by Crippen LogP contribution is 2.33. The molecule has 1 N–H and O–H groups in total. The largest absolute Gasteiger partial charge is 0.497 e. The Kier molecular flexibility index (Phi) is 7.47. The smallest absolute Gasteiger partial charge is 0.416 e. The van der Waals surface area contributed by atoms with E-state index in [0.717, 1.165) is 12.1 Å². The number of methoxy groups -OCH3 is 1. The minimum atomic E-state index is -4.50. The van der Waals surface area contributed by atoms with Crippen LogP contribution in [0.3, 0.4) is 0 Å². The predicted octanol–water partition coefficient (Wildman–Crippen LogP) is 6.25. The Labute approximate surface area is 211 Å². The van der Waals surface area contributed by atoms with Crippen molar-refractivity contribution in [3.63, 3.8) is 0 Å². The molecule has 0 unspecified atom stereocenters. The second-order valence-electron chi connectivity index (χ2n) is 8.64. The molecule has 0 spiro atoms. The number of halogens is 3. The number of hydrogen-bond acceptors (Lipinski definition) is 5. The Balaban J connectivity index is 1.62. The van der Waals surface area contributed by atoms with Gasteiger partial charge >= 0.3 is 12.2 Å². The van der Waals surface area contributed by atoms with E-state index in [2.05, 4.69) is 15.4 Å². The molecule has 0 aliphatic heterocycles. The fourth-order valence-corrected chi connectivity index (χ4v) is 3.43. The fourth-order valence-electron chi connectivity index (χ4n) is 3.43. The maximum absolute atomic E-state index is 13.3. The highest BCUT2D eigenvalue weighted by atomic mass is 19.4. The molecule has 0 fully saturated rings. The van der Waals surface area contributed by atoms with Crippen LogP contribution < -0.4 is 14.8 Å². The lowest BCUT2D eigenvalue weighted by Gasteiger charge is -2.10. The van der Waals surface area contributed by atoms with Crippen LogP contribution in [0.15, 0.2) is 72.8 Å². The van der Waals surface area contributed by atoms with Crippen molar-refractivity contribution in [3.8, 4) is 28.8 Å². The minimum absolute atomic E-state index is 0.0537. The van der Waals surface area contributed by atoms with Gasteiger partial charge < -0.3 is 14.8 Å². The van der Waals surface area contributed by atoms with E-state index in [1.165, 1.54) is 16.8 Å². The van der Waals surface area contributed by atoms with Crippen molar-refractivity contribution in [2.45, 2.75) is 20.0 Å². The van der Waals surface area contributed by atoms with Gasteiger partial charge in [0.05, 0.1) is 25.0 Å². The summed E-state index contributed by atoms with van der Waals surface area (Å²) in [6.45, 7) is 4.27. The number of carbonyl (C=O) groups is 1. The number of nitrogens with zero attached hydrogens (tertiary/aromatic N) is 3. The number of benzene rings is 3. The van der Waals surface area contributed by atoms with Crippen molar-refractivity contribution in [3.05, 3.63) is 83.9 Å². The predicted molar refractivity (Wildman–Crippen MR) is 133 cm³/mol. The summed E-state index contributed by atoms with van der Waals surface area (Å²) in [5.41, 5.74) is 0.961. The summed E-state index contributed by atoms with van der Waals surface area (Å²) in [7, 11) is 1.55. The molecule has 0 aliphatic carbocycles. The molecule has 7 nitrogen and oxygen atoms in total. The van der Waals surface area contributed by atoms with E-state index >= 15 is 0 Å². The molecule has 3 aromatic carbocycles. The first kappa shape index (κ1) is 25.7. The van der Waals surface area contributed by atoms with E-state index < -0.39 is 11.7 Å². The number of alkyl halides is 3. The first-order chi connectivity index (χ1) is 17.6. The second kappa shape index (κ2) is 10.7. The molecule has 0 bridgehead atoms. The summed E-state index contributed by atoms with van der Waals surface area (Å²) in [6, 6.07) is 18.3. The van der Waals surface area contributed by atoms with Gasteiger partial charge in [0.25, 0.3) is 5.91 Å². The van der Waals surface area contributed by atoms with Gasteiger partial charge in [-0.2, -0.15) is 18.2 Å². The molecular weight excluding hydrogens is 485 g/mol. The zero-order valence-electron chi connectivity index (χ0n) is 20.4. The number of carbonyl (C=O) groups excluding carboxylic acids is 1. The minimum Gasteiger partial charge on any atom is -0.497 e. The fraction of sp³-hybridized carbons (Fsp3) is 0.222. The number of amides is 1. The molecule has 37 heavy (non-hydrogen) atoms. The van der Waals surface area contributed by atoms with Gasteiger partial charge in [0.15, 0.2) is 5.82 Å². The third kappa shape index (κ3) is 6.27. The van der Waals surface area contributed by atoms with Gasteiger partial charge in [-0.3, -0.25) is 4.79 Å². The van der Waals surface area contributed by atoms with Gasteiger partial charge in [-0.25, -0.2) is 4.68 Å². The number of nitrogens with one attached hydrogen (secondary N) is 1. The highest BCUT2D eigenvalue weighted by Gasteiger charge is 2.31. The topological polar surface area (TPSA) is 78.3 Å². The summed E-state index contributed by atoms with van der Waals surface area (Å²) in [6.07, 6.45) is -4.50. The van der Waals surface area contributed by atoms with Crippen LogP contribution in [0, 0.1) is 5.92 Å². The number of hydrogen-bond donors (Lipinski definition) is 1. The van der Waals surface area contributed by atoms with Crippen molar-refractivity contribution in [2.24, 2.45) is 5.92 Å². The third-order valence-corrected chi connectivity index (χ3v) is 5.30. The van der Waals surface area contributed by atoms with Gasteiger partial charge in [0.1, 0.15) is 5.75 Å². The van der Waals surface area contributed by atoms with Gasteiger partial charge in [0, 0.05) is 16.8 Å². The van der Waals surface area contributed by atoms with Crippen LogP contribution >= 0.6 is 0 Å². The highest BCUT2D eigenvalue weighted by molar-refractivity contribution is 6.04. The van der Waals surface area contributed by atoms with Crippen LogP contribution in [0.25, 0.3) is 17.1 Å². The number of ether oxygens (including phenoxy) is 2. The summed E-state index contributed by atoms with van der Waals surface area (Å²) in [5.74, 6) is 0.740. The van der Waals surface area contributed by atoms with Gasteiger partial charge in [-0.1, -0.05) is 26.0 Å². The molecule has 0 aliphatic rings. The molecule has 192 valence electrons. The normalized spacial score (nSPS) is 11.4. The number of aromatic nitrogens is 3. The Morgan fingerprint density at radius 2 is 1.73 bits per heavy atom. The maximum atomic E-state index is 13.3. The van der Waals surface area contributed by atoms with Crippen LogP contribution in [-0.2, 0) is 6.18 Å². The summed E-state index contributed by atoms with van der Waals surface area (Å²) in [4.78, 5) is 16.9. The van der Waals surface area contributed by atoms with Crippen LogP contribution in [0.1, 0.15) is 29.8 Å². The zero-order chi connectivity index (χ0) is 26.6. The molecule has 4 aromatic rings. The van der Waals surface area contributed by atoms with Crippen molar-refractivity contribution >= 4 is 11.6 Å². The summed E-state index contributed by atoms with van der Waals surface area (Å²) >= 11 is 0. The first-order valence-corrected chi connectivity index (χ1v) is 11.5. The monoisotopic (exact) mass is 510 g/mol. The Morgan fingerprint density at radius 1 is 1.03 bits per heavy atom. The standard InChI is InChI=1S/C27H25F3N4O3/c1-17(2)16-37-26-32-24(19-5-4-6-20(15-19)27(28,29)30)34(33-26)22-11-9-21(10-12-22)31-25(35)18-7-13-23(36-3)14-8-18/h4-15,17H,16H2,1-3H3,(H,31,35). The van der Waals surface area contributed by atoms with E-state index in [4.69, 9.17) is 9.47 Å². The van der Waals surface area contributed by atoms with Crippen molar-refractivity contribution in [1.29, 1.82) is 0 Å². The zero-order valence-corrected chi connectivity index (χ0v) is 20.4. The lowest BCUT2D eigenvalue weighted by Crippen LogP contribution is -2.11. The lowest BCUT2D eigenvalue weighted by molar-refractivity contribution is -0.137. The lowest BCUT2D eigenvalue weighted by atomic mass is 10.1. The Hall–Kier alpha value is -4.34. The van der Waals surface area contributed by atoms with Crippen molar-refractivity contribution < 1.29 is 27.4 Å². The summed E-state index contributed by atoms with van der Waals surface area (Å²) in [5, 5.41) is 7.19. The average molecular weight is 511 g/mol. The SMILES string of the molecule is COc1ccc(C(=O)Nc2ccc(-n3nc(OCC(C)C)nc3-c3cccc(C(F)(F)F)c3)cc2)cc1. The van der Waals surface area contributed by atoms with E-state index in [1.807, 2.05) is 13.8 Å². The molecule has 0 saturated heterocycles. The first-order valence-electron chi connectivity index (χ1n) is 11.5. The quantitative estimate of drug-likeness (QED) is 0.303. The summed E-state index contributed by atoms with van der Waals surface area (Å²) < 4.78 is 52.1. The Bertz CT molecular complexity index is 1370. The van der Waals surface area contributed by atoms with Crippen LogP contribution in [0.4, 0.5) is 18.9 Å². The molecule has 1 amide bonds. The van der Waals surface area contributed by atoms with Gasteiger partial charge in [0.2, 0.25) is 0 Å². The average Bonchev–Trinajstić information content (AvgIpc) is 3.32. The molecular formula is C27H25F3N4O3. The molecule has 1 aromatic heterocycles. The molecule has 0 radical (unpaired) electrons. The van der Waals surface area contributed by atoms with E-state index in [0.29, 0.717) is 29.3 Å². The van der Waals surface area contributed by atoms with Crippen molar-refractivity contribution in [2.75, 3.05) is 19.0 Å². The van der Waals surface area contributed by atoms with E-state index in [9.17, 15) is 18.0 Å². The Morgan fingerprint density at radius 3 is 2.35 bits per heavy atom. The molecule has 0 atom stereocenters. The van der Waals surface area contributed by atoms with Crippen LogP contribution in [-0.4, -0.2) is 34.4 Å². The maximum Gasteiger partial charge on any atom is 0.416 e.